The van der Waals surface area contributed by atoms with Gasteiger partial charge in [0.15, 0.2) is 11.2 Å². The van der Waals surface area contributed by atoms with Gasteiger partial charge >= 0.3 is 6.09 Å². The van der Waals surface area contributed by atoms with E-state index in [0.717, 1.165) is 11.4 Å². The number of aromatic nitrogens is 5. The summed E-state index contributed by atoms with van der Waals surface area (Å²) in [5.41, 5.74) is 7.56. The molecule has 1 aliphatic heterocycles. The molecule has 11 nitrogen and oxygen atoms in total. The molecule has 1 saturated heterocycles. The van der Waals surface area contributed by atoms with Crippen LogP contribution in [0.1, 0.15) is 27.7 Å². The van der Waals surface area contributed by atoms with Gasteiger partial charge in [0.1, 0.15) is 11.4 Å². The Morgan fingerprint density at radius 1 is 1.12 bits per heavy atom. The van der Waals surface area contributed by atoms with Gasteiger partial charge in [0, 0.05) is 37.9 Å². The molecule has 3 aromatic rings. The van der Waals surface area contributed by atoms with Crippen molar-refractivity contribution in [3.63, 3.8) is 0 Å². The van der Waals surface area contributed by atoms with Gasteiger partial charge in [0.05, 0.1) is 18.5 Å². The molecule has 1 fully saturated rings. The van der Waals surface area contributed by atoms with Crippen molar-refractivity contribution < 1.29 is 14.3 Å². The number of rotatable bonds is 4. The molecule has 3 aromatic heterocycles. The molecule has 0 aromatic carbocycles. The van der Waals surface area contributed by atoms with Crippen LogP contribution in [-0.2, 0) is 4.74 Å². The van der Waals surface area contributed by atoms with Gasteiger partial charge in [-0.25, -0.2) is 19.7 Å². The average molecular weight is 453 g/mol. The van der Waals surface area contributed by atoms with Gasteiger partial charge < -0.3 is 25.0 Å². The van der Waals surface area contributed by atoms with Crippen molar-refractivity contribution in [2.24, 2.45) is 0 Å². The molecule has 0 bridgehead atoms. The molecule has 33 heavy (non-hydrogen) atoms. The lowest BCUT2D eigenvalue weighted by Gasteiger charge is -2.36. The second-order valence-electron chi connectivity index (χ2n) is 8.60. The number of nitrogens with zero attached hydrogens (tertiary/aromatic N) is 7. The van der Waals surface area contributed by atoms with E-state index < -0.39 is 5.60 Å². The van der Waals surface area contributed by atoms with Crippen LogP contribution in [0.4, 0.5) is 16.6 Å². The van der Waals surface area contributed by atoms with E-state index in [-0.39, 0.29) is 12.0 Å². The van der Waals surface area contributed by atoms with Crippen LogP contribution in [0.2, 0.25) is 0 Å². The third kappa shape index (κ3) is 5.18. The number of ether oxygens (including phenoxy) is 2. The number of pyridine rings is 1. The first-order valence-corrected chi connectivity index (χ1v) is 10.9. The van der Waals surface area contributed by atoms with Gasteiger partial charge in [-0.2, -0.15) is 9.97 Å². The van der Waals surface area contributed by atoms with Crippen LogP contribution in [0.3, 0.4) is 0 Å². The number of amides is 1. The summed E-state index contributed by atoms with van der Waals surface area (Å²) in [5, 5.41) is 0. The van der Waals surface area contributed by atoms with Crippen molar-refractivity contribution in [1.29, 1.82) is 0 Å². The van der Waals surface area contributed by atoms with E-state index in [1.165, 1.54) is 0 Å². The number of piperazine rings is 1. The summed E-state index contributed by atoms with van der Waals surface area (Å²) in [6, 6.07) is 3.83. The highest BCUT2D eigenvalue weighted by molar-refractivity contribution is 5.79. The molecular weight excluding hydrogens is 424 g/mol. The van der Waals surface area contributed by atoms with Crippen LogP contribution in [0.5, 0.6) is 5.88 Å². The van der Waals surface area contributed by atoms with E-state index in [2.05, 4.69) is 29.8 Å². The molecule has 0 unspecified atom stereocenters. The van der Waals surface area contributed by atoms with E-state index in [1.54, 1.807) is 17.3 Å². The second kappa shape index (κ2) is 9.00. The standard InChI is InChI=1S/C22H28N8O3/c1-5-32-19-17-18(27-20(23)28-19)25-13-15(26-17)14-6-7-24-16(12-14)29-8-10-30(11-9-29)21(31)33-22(2,3)4/h6-7,12-13H,5,8-11H2,1-4H3,(H2,23,25,27,28). The van der Waals surface area contributed by atoms with Crippen LogP contribution in [0.15, 0.2) is 24.5 Å². The highest BCUT2D eigenvalue weighted by Crippen LogP contribution is 2.26. The Morgan fingerprint density at radius 3 is 2.58 bits per heavy atom. The van der Waals surface area contributed by atoms with E-state index >= 15 is 0 Å². The Morgan fingerprint density at radius 2 is 1.88 bits per heavy atom. The van der Waals surface area contributed by atoms with Crippen LogP contribution < -0.4 is 15.4 Å². The number of carbonyl (C=O) groups is 1. The molecule has 174 valence electrons. The summed E-state index contributed by atoms with van der Waals surface area (Å²) < 4.78 is 11.0. The first-order valence-electron chi connectivity index (χ1n) is 10.9. The minimum Gasteiger partial charge on any atom is -0.476 e. The normalized spacial score (nSPS) is 14.4. The summed E-state index contributed by atoms with van der Waals surface area (Å²) in [6.45, 7) is 10.3. The molecule has 0 aliphatic carbocycles. The zero-order valence-corrected chi connectivity index (χ0v) is 19.3. The maximum Gasteiger partial charge on any atom is 0.410 e. The molecule has 0 saturated carbocycles. The highest BCUT2D eigenvalue weighted by Gasteiger charge is 2.26. The minimum atomic E-state index is -0.510. The van der Waals surface area contributed by atoms with Gasteiger partial charge in [-0.3, -0.25) is 0 Å². The predicted octanol–water partition coefficient (Wildman–Crippen LogP) is 2.52. The van der Waals surface area contributed by atoms with Gasteiger partial charge in [0.2, 0.25) is 11.8 Å². The van der Waals surface area contributed by atoms with Crippen molar-refractivity contribution >= 4 is 29.0 Å². The summed E-state index contributed by atoms with van der Waals surface area (Å²) in [5.74, 6) is 1.20. The van der Waals surface area contributed by atoms with Crippen molar-refractivity contribution in [1.82, 2.24) is 29.8 Å². The maximum absolute atomic E-state index is 12.3. The smallest absolute Gasteiger partial charge is 0.410 e. The van der Waals surface area contributed by atoms with Gasteiger partial charge in [-0.05, 0) is 39.8 Å². The first-order chi connectivity index (χ1) is 15.7. The van der Waals surface area contributed by atoms with E-state index in [1.807, 2.05) is 39.8 Å². The highest BCUT2D eigenvalue weighted by atomic mass is 16.6. The molecule has 1 aliphatic rings. The number of carbonyl (C=O) groups excluding carboxylic acids is 1. The van der Waals surface area contributed by atoms with Crippen molar-refractivity contribution in [3.05, 3.63) is 24.5 Å². The quantitative estimate of drug-likeness (QED) is 0.629. The number of nitrogen functional groups attached to an aromatic ring is 1. The molecule has 4 rings (SSSR count). The lowest BCUT2D eigenvalue weighted by molar-refractivity contribution is 0.0240. The Labute approximate surface area is 192 Å². The SMILES string of the molecule is CCOc1nc(N)nc2ncc(-c3ccnc(N4CCN(C(=O)OC(C)(C)C)CC4)c3)nc12. The van der Waals surface area contributed by atoms with Gasteiger partial charge in [0.25, 0.3) is 0 Å². The third-order valence-corrected chi connectivity index (χ3v) is 4.97. The molecule has 4 heterocycles. The Balaban J connectivity index is 1.53. The molecule has 0 atom stereocenters. The van der Waals surface area contributed by atoms with Crippen LogP contribution in [-0.4, -0.2) is 74.3 Å². The lowest BCUT2D eigenvalue weighted by atomic mass is 10.2. The van der Waals surface area contributed by atoms with E-state index in [9.17, 15) is 4.79 Å². The summed E-state index contributed by atoms with van der Waals surface area (Å²) in [4.78, 5) is 38.0. The van der Waals surface area contributed by atoms with E-state index in [4.69, 9.17) is 15.2 Å². The number of hydrogen-bond acceptors (Lipinski definition) is 10. The minimum absolute atomic E-state index is 0.0877. The van der Waals surface area contributed by atoms with Crippen molar-refractivity contribution in [2.75, 3.05) is 43.4 Å². The number of hydrogen-bond donors (Lipinski definition) is 1. The maximum atomic E-state index is 12.3. The Hall–Kier alpha value is -3.76. The zero-order valence-electron chi connectivity index (χ0n) is 19.3. The zero-order chi connectivity index (χ0) is 23.6. The number of anilines is 2. The van der Waals surface area contributed by atoms with Crippen molar-refractivity contribution in [2.45, 2.75) is 33.3 Å². The fraction of sp³-hybridized carbons (Fsp3) is 0.455. The summed E-state index contributed by atoms with van der Waals surface area (Å²) in [7, 11) is 0. The summed E-state index contributed by atoms with van der Waals surface area (Å²) >= 11 is 0. The van der Waals surface area contributed by atoms with Crippen LogP contribution in [0.25, 0.3) is 22.4 Å². The molecule has 2 N–H and O–H groups in total. The fourth-order valence-electron chi connectivity index (χ4n) is 3.47. The molecule has 0 radical (unpaired) electrons. The molecule has 1 amide bonds. The third-order valence-electron chi connectivity index (χ3n) is 4.97. The average Bonchev–Trinajstić information content (AvgIpc) is 2.78. The topological polar surface area (TPSA) is 132 Å². The Bertz CT molecular complexity index is 1160. The molecule has 11 heteroatoms. The van der Waals surface area contributed by atoms with Gasteiger partial charge in [-0.1, -0.05) is 0 Å². The lowest BCUT2D eigenvalue weighted by Crippen LogP contribution is -2.50. The first kappa shape index (κ1) is 22.4. The largest absolute Gasteiger partial charge is 0.476 e. The predicted molar refractivity (Wildman–Crippen MR) is 124 cm³/mol. The Kier molecular flexibility index (Phi) is 6.12. The van der Waals surface area contributed by atoms with Crippen LogP contribution >= 0.6 is 0 Å². The number of nitrogens with two attached hydrogens (primary N) is 1. The van der Waals surface area contributed by atoms with Crippen LogP contribution in [0, 0.1) is 0 Å². The monoisotopic (exact) mass is 452 g/mol. The molecule has 0 spiro atoms. The molecular formula is C22H28N8O3. The number of fused-ring (bicyclic) bond motifs is 1. The van der Waals surface area contributed by atoms with Gasteiger partial charge in [-0.15, -0.1) is 0 Å². The van der Waals surface area contributed by atoms with E-state index in [0.29, 0.717) is 55.5 Å². The fourth-order valence-corrected chi connectivity index (χ4v) is 3.47. The second-order valence-corrected chi connectivity index (χ2v) is 8.60. The summed E-state index contributed by atoms with van der Waals surface area (Å²) in [6.07, 6.45) is 3.09. The van der Waals surface area contributed by atoms with Crippen molar-refractivity contribution in [3.8, 4) is 17.1 Å².